The van der Waals surface area contributed by atoms with Gasteiger partial charge >= 0.3 is 0 Å². The fourth-order valence-corrected chi connectivity index (χ4v) is 1.94. The number of carbonyl (C=O) groups is 1. The second-order valence-corrected chi connectivity index (χ2v) is 4.75. The first kappa shape index (κ1) is 13.0. The average molecular weight is 302 g/mol. The van der Waals surface area contributed by atoms with Gasteiger partial charge in [0.05, 0.1) is 12.0 Å². The van der Waals surface area contributed by atoms with E-state index in [-0.39, 0.29) is 11.8 Å². The van der Waals surface area contributed by atoms with Crippen molar-refractivity contribution in [2.45, 2.75) is 6.92 Å². The van der Waals surface area contributed by atoms with Gasteiger partial charge in [-0.3, -0.25) is 4.79 Å². The minimum absolute atomic E-state index is 0.202. The zero-order chi connectivity index (χ0) is 12.1. The number of hydrogen-bond acceptors (Lipinski definition) is 2. The van der Waals surface area contributed by atoms with Gasteiger partial charge in [-0.2, -0.15) is 5.26 Å². The van der Waals surface area contributed by atoms with Crippen molar-refractivity contribution in [2.75, 3.05) is 6.54 Å². The van der Waals surface area contributed by atoms with Crippen LogP contribution in [0.15, 0.2) is 22.7 Å². The Morgan fingerprint density at radius 3 is 2.88 bits per heavy atom. The lowest BCUT2D eigenvalue weighted by molar-refractivity contribution is 0.0950. The highest BCUT2D eigenvalue weighted by Crippen LogP contribution is 2.19. The Morgan fingerprint density at radius 1 is 1.62 bits per heavy atom. The molecule has 1 aromatic carbocycles. The van der Waals surface area contributed by atoms with Gasteiger partial charge in [0, 0.05) is 21.6 Å². The van der Waals surface area contributed by atoms with Gasteiger partial charge in [0.2, 0.25) is 0 Å². The molecule has 84 valence electrons. The molecular formula is C11H10BrClN2O. The van der Waals surface area contributed by atoms with E-state index in [1.165, 1.54) is 0 Å². The Hall–Kier alpha value is -1.05. The summed E-state index contributed by atoms with van der Waals surface area (Å²) in [5, 5.41) is 11.7. The minimum Gasteiger partial charge on any atom is -0.351 e. The molecular weight excluding hydrogens is 291 g/mol. The van der Waals surface area contributed by atoms with E-state index in [1.807, 2.05) is 6.07 Å². The summed E-state index contributed by atoms with van der Waals surface area (Å²) in [6, 6.07) is 7.01. The molecule has 0 radical (unpaired) electrons. The van der Waals surface area contributed by atoms with Gasteiger partial charge in [-0.25, -0.2) is 0 Å². The Balaban J connectivity index is 2.70. The highest BCUT2D eigenvalue weighted by atomic mass is 79.9. The average Bonchev–Trinajstić information content (AvgIpc) is 2.23. The Labute approximate surface area is 108 Å². The second-order valence-electron chi connectivity index (χ2n) is 3.40. The lowest BCUT2D eigenvalue weighted by Crippen LogP contribution is -2.27. The van der Waals surface area contributed by atoms with Crippen LogP contribution in [0.4, 0.5) is 0 Å². The highest BCUT2D eigenvalue weighted by molar-refractivity contribution is 9.10. The van der Waals surface area contributed by atoms with Crippen LogP contribution in [-0.4, -0.2) is 12.5 Å². The number of nitrogens with zero attached hydrogens (tertiary/aromatic N) is 1. The molecule has 1 aromatic rings. The molecule has 1 rings (SSSR count). The predicted octanol–water partition coefficient (Wildman–Crippen LogP) is 2.99. The number of halogens is 2. The molecule has 1 N–H and O–H groups in total. The highest BCUT2D eigenvalue weighted by Gasteiger charge is 2.08. The van der Waals surface area contributed by atoms with E-state index < -0.39 is 0 Å². The lowest BCUT2D eigenvalue weighted by atomic mass is 10.2. The molecule has 1 unspecified atom stereocenters. The van der Waals surface area contributed by atoms with Crippen LogP contribution in [0.25, 0.3) is 0 Å². The largest absolute Gasteiger partial charge is 0.351 e. The summed E-state index contributed by atoms with van der Waals surface area (Å²) in [5.74, 6) is -0.433. The van der Waals surface area contributed by atoms with Gasteiger partial charge < -0.3 is 5.32 Å². The van der Waals surface area contributed by atoms with E-state index in [0.29, 0.717) is 17.1 Å². The van der Waals surface area contributed by atoms with Crippen molar-refractivity contribution in [3.8, 4) is 6.07 Å². The van der Waals surface area contributed by atoms with Gasteiger partial charge in [-0.1, -0.05) is 27.5 Å². The Morgan fingerprint density at radius 2 is 2.31 bits per heavy atom. The monoisotopic (exact) mass is 300 g/mol. The summed E-state index contributed by atoms with van der Waals surface area (Å²) in [7, 11) is 0. The summed E-state index contributed by atoms with van der Waals surface area (Å²) >= 11 is 9.08. The fourth-order valence-electron chi connectivity index (χ4n) is 1.08. The third kappa shape index (κ3) is 3.84. The summed E-state index contributed by atoms with van der Waals surface area (Å²) in [5.41, 5.74) is 0.476. The number of nitriles is 1. The molecule has 1 atom stereocenters. The van der Waals surface area contributed by atoms with E-state index >= 15 is 0 Å². The first-order valence-corrected chi connectivity index (χ1v) is 5.84. The summed E-state index contributed by atoms with van der Waals surface area (Å²) in [4.78, 5) is 11.7. The van der Waals surface area contributed by atoms with Crippen LogP contribution in [-0.2, 0) is 0 Å². The van der Waals surface area contributed by atoms with Crippen molar-refractivity contribution in [2.24, 2.45) is 5.92 Å². The van der Waals surface area contributed by atoms with E-state index in [0.717, 1.165) is 4.47 Å². The van der Waals surface area contributed by atoms with Crippen molar-refractivity contribution >= 4 is 33.4 Å². The normalized spacial score (nSPS) is 11.6. The van der Waals surface area contributed by atoms with Gasteiger partial charge in [-0.15, -0.1) is 0 Å². The molecule has 3 nitrogen and oxygen atoms in total. The van der Waals surface area contributed by atoms with E-state index in [2.05, 4.69) is 21.2 Å². The smallest absolute Gasteiger partial charge is 0.251 e. The number of nitrogens with one attached hydrogen (secondary N) is 1. The molecule has 1 amide bonds. The molecule has 0 bridgehead atoms. The van der Waals surface area contributed by atoms with Gasteiger partial charge in [-0.05, 0) is 25.1 Å². The molecule has 0 aliphatic carbocycles. The number of hydrogen-bond donors (Lipinski definition) is 1. The third-order valence-corrected chi connectivity index (χ3v) is 2.59. The third-order valence-electron chi connectivity index (χ3n) is 1.91. The first-order valence-electron chi connectivity index (χ1n) is 4.67. The zero-order valence-corrected chi connectivity index (χ0v) is 11.0. The van der Waals surface area contributed by atoms with Crippen molar-refractivity contribution < 1.29 is 4.79 Å². The van der Waals surface area contributed by atoms with Gasteiger partial charge in [0.1, 0.15) is 0 Å². The second kappa shape index (κ2) is 5.88. The quantitative estimate of drug-likeness (QED) is 0.933. The molecule has 0 saturated heterocycles. The van der Waals surface area contributed by atoms with Crippen LogP contribution in [0.1, 0.15) is 17.3 Å². The first-order chi connectivity index (χ1) is 7.52. The van der Waals surface area contributed by atoms with Crippen LogP contribution in [0.3, 0.4) is 0 Å². The summed E-state index contributed by atoms with van der Waals surface area (Å²) in [6.07, 6.45) is 0. The van der Waals surface area contributed by atoms with E-state index in [9.17, 15) is 4.79 Å². The molecule has 0 heterocycles. The summed E-state index contributed by atoms with van der Waals surface area (Å²) < 4.78 is 0.749. The van der Waals surface area contributed by atoms with Gasteiger partial charge in [0.25, 0.3) is 5.91 Å². The number of amides is 1. The van der Waals surface area contributed by atoms with Crippen molar-refractivity contribution in [1.29, 1.82) is 5.26 Å². The molecule has 0 fully saturated rings. The molecule has 0 aliphatic heterocycles. The van der Waals surface area contributed by atoms with Crippen LogP contribution in [0.2, 0.25) is 5.02 Å². The topological polar surface area (TPSA) is 52.9 Å². The standard InChI is InChI=1S/C11H10BrClN2O/c1-7(5-14)6-15-11(16)8-2-9(12)4-10(13)3-8/h2-4,7H,6H2,1H3,(H,15,16). The predicted molar refractivity (Wildman–Crippen MR) is 66.3 cm³/mol. The van der Waals surface area contributed by atoms with E-state index in [4.69, 9.17) is 16.9 Å². The van der Waals surface area contributed by atoms with Crippen molar-refractivity contribution in [1.82, 2.24) is 5.32 Å². The SMILES string of the molecule is CC(C#N)CNC(=O)c1cc(Cl)cc(Br)c1. The van der Waals surface area contributed by atoms with Gasteiger partial charge in [0.15, 0.2) is 0 Å². The molecule has 5 heteroatoms. The van der Waals surface area contributed by atoms with E-state index in [1.54, 1.807) is 25.1 Å². The van der Waals surface area contributed by atoms with Crippen LogP contribution in [0, 0.1) is 17.2 Å². The maximum absolute atomic E-state index is 11.7. The number of benzene rings is 1. The molecule has 0 aromatic heterocycles. The molecule has 16 heavy (non-hydrogen) atoms. The molecule has 0 aliphatic rings. The van der Waals surface area contributed by atoms with Crippen LogP contribution in [0.5, 0.6) is 0 Å². The Kier molecular flexibility index (Phi) is 4.78. The fraction of sp³-hybridized carbons (Fsp3) is 0.273. The zero-order valence-electron chi connectivity index (χ0n) is 8.63. The van der Waals surface area contributed by atoms with Crippen molar-refractivity contribution in [3.05, 3.63) is 33.3 Å². The maximum atomic E-state index is 11.7. The molecule has 0 spiro atoms. The lowest BCUT2D eigenvalue weighted by Gasteiger charge is -2.06. The minimum atomic E-state index is -0.231. The number of carbonyl (C=O) groups excluding carboxylic acids is 1. The van der Waals surface area contributed by atoms with Crippen LogP contribution < -0.4 is 5.32 Å². The molecule has 0 saturated carbocycles. The Bertz CT molecular complexity index is 422. The van der Waals surface area contributed by atoms with Crippen LogP contribution >= 0.6 is 27.5 Å². The summed E-state index contributed by atoms with van der Waals surface area (Å²) in [6.45, 7) is 2.08. The van der Waals surface area contributed by atoms with Crippen molar-refractivity contribution in [3.63, 3.8) is 0 Å². The maximum Gasteiger partial charge on any atom is 0.251 e. The number of rotatable bonds is 3.